The van der Waals surface area contributed by atoms with Gasteiger partial charge in [-0.2, -0.15) is 0 Å². The first-order valence-corrected chi connectivity index (χ1v) is 6.59. The van der Waals surface area contributed by atoms with Crippen LogP contribution in [0.5, 0.6) is 0 Å². The van der Waals surface area contributed by atoms with Crippen LogP contribution in [0.15, 0.2) is 30.3 Å². The van der Waals surface area contributed by atoms with Crippen LogP contribution in [-0.4, -0.2) is 42.1 Å². The zero-order chi connectivity index (χ0) is 15.0. The third kappa shape index (κ3) is 5.84. The molecule has 110 valence electrons. The summed E-state index contributed by atoms with van der Waals surface area (Å²) in [6.07, 6.45) is 0.260. The van der Waals surface area contributed by atoms with E-state index in [1.807, 2.05) is 30.3 Å². The summed E-state index contributed by atoms with van der Waals surface area (Å²) < 4.78 is 5.43. The normalized spacial score (nSPS) is 11.9. The molecular weight excluding hydrogens is 258 g/mol. The molecule has 1 atom stereocenters. The number of rotatable bonds is 8. The summed E-state index contributed by atoms with van der Waals surface area (Å²) in [7, 11) is 1.61. The molecule has 5 heteroatoms. The maximum Gasteiger partial charge on any atom is 0.308 e. The van der Waals surface area contributed by atoms with Crippen molar-refractivity contribution in [1.82, 2.24) is 4.90 Å². The average Bonchev–Trinajstić information content (AvgIpc) is 2.44. The van der Waals surface area contributed by atoms with Gasteiger partial charge in [-0.3, -0.25) is 9.59 Å². The molecular formula is C15H21NO4. The summed E-state index contributed by atoms with van der Waals surface area (Å²) in [6.45, 7) is 2.60. The van der Waals surface area contributed by atoms with E-state index in [-0.39, 0.29) is 18.9 Å². The molecule has 0 aromatic heterocycles. The van der Waals surface area contributed by atoms with Gasteiger partial charge in [-0.25, -0.2) is 0 Å². The average molecular weight is 279 g/mol. The minimum Gasteiger partial charge on any atom is -0.481 e. The zero-order valence-corrected chi connectivity index (χ0v) is 11.9. The highest BCUT2D eigenvalue weighted by atomic mass is 16.5. The van der Waals surface area contributed by atoms with Gasteiger partial charge >= 0.3 is 5.97 Å². The number of nitrogens with zero attached hydrogens (tertiary/aromatic N) is 1. The van der Waals surface area contributed by atoms with Gasteiger partial charge in [-0.05, 0) is 5.56 Å². The number of carboxylic acid groups (broad SMARTS) is 1. The fourth-order valence-corrected chi connectivity index (χ4v) is 1.71. The molecule has 0 heterocycles. The highest BCUT2D eigenvalue weighted by Crippen LogP contribution is 2.03. The van der Waals surface area contributed by atoms with Crippen LogP contribution in [0, 0.1) is 5.92 Å². The van der Waals surface area contributed by atoms with Crippen molar-refractivity contribution in [2.75, 3.05) is 20.2 Å². The number of amides is 1. The van der Waals surface area contributed by atoms with Gasteiger partial charge in [0, 0.05) is 13.6 Å². The first kappa shape index (κ1) is 16.2. The second-order valence-corrected chi connectivity index (χ2v) is 4.80. The second kappa shape index (κ2) is 8.32. The Bertz CT molecular complexity index is 433. The van der Waals surface area contributed by atoms with E-state index < -0.39 is 11.9 Å². The molecule has 1 N–H and O–H groups in total. The summed E-state index contributed by atoms with van der Waals surface area (Å²) in [6, 6.07) is 9.73. The van der Waals surface area contributed by atoms with Crippen LogP contribution in [0.2, 0.25) is 0 Å². The molecule has 20 heavy (non-hydrogen) atoms. The first-order chi connectivity index (χ1) is 9.50. The van der Waals surface area contributed by atoms with E-state index in [2.05, 4.69) is 0 Å². The Morgan fingerprint density at radius 2 is 1.95 bits per heavy atom. The Labute approximate surface area is 119 Å². The molecule has 0 bridgehead atoms. The molecule has 0 aliphatic rings. The van der Waals surface area contributed by atoms with Crippen molar-refractivity contribution in [2.45, 2.75) is 20.0 Å². The lowest BCUT2D eigenvalue weighted by molar-refractivity contribution is -0.142. The van der Waals surface area contributed by atoms with Gasteiger partial charge in [0.05, 0.1) is 25.6 Å². The standard InChI is InChI=1S/C15H21NO4/c1-12(15(18)19)10-16(2)14(17)8-9-20-11-13-6-4-3-5-7-13/h3-7,12H,8-11H2,1-2H3,(H,18,19). The Balaban J connectivity index is 2.21. The van der Waals surface area contributed by atoms with Crippen molar-refractivity contribution in [3.8, 4) is 0 Å². The number of benzene rings is 1. The molecule has 0 fully saturated rings. The van der Waals surface area contributed by atoms with Crippen LogP contribution in [0.25, 0.3) is 0 Å². The van der Waals surface area contributed by atoms with Crippen LogP contribution in [-0.2, 0) is 20.9 Å². The molecule has 0 aliphatic heterocycles. The van der Waals surface area contributed by atoms with Gasteiger partial charge in [0.25, 0.3) is 0 Å². The number of hydrogen-bond donors (Lipinski definition) is 1. The van der Waals surface area contributed by atoms with Gasteiger partial charge in [0.2, 0.25) is 5.91 Å². The summed E-state index contributed by atoms with van der Waals surface area (Å²) in [5, 5.41) is 8.79. The van der Waals surface area contributed by atoms with Crippen molar-refractivity contribution >= 4 is 11.9 Å². The first-order valence-electron chi connectivity index (χ1n) is 6.59. The number of ether oxygens (including phenoxy) is 1. The number of carboxylic acids is 1. The molecule has 1 aromatic carbocycles. The largest absolute Gasteiger partial charge is 0.481 e. The van der Waals surface area contributed by atoms with E-state index in [1.54, 1.807) is 14.0 Å². The van der Waals surface area contributed by atoms with Gasteiger partial charge < -0.3 is 14.7 Å². The van der Waals surface area contributed by atoms with Crippen molar-refractivity contribution in [3.63, 3.8) is 0 Å². The fourth-order valence-electron chi connectivity index (χ4n) is 1.71. The lowest BCUT2D eigenvalue weighted by atomic mass is 10.2. The van der Waals surface area contributed by atoms with Gasteiger partial charge in [0.15, 0.2) is 0 Å². The van der Waals surface area contributed by atoms with Crippen molar-refractivity contribution in [3.05, 3.63) is 35.9 Å². The van der Waals surface area contributed by atoms with Crippen LogP contribution < -0.4 is 0 Å². The summed E-state index contributed by atoms with van der Waals surface area (Å²) in [5.41, 5.74) is 1.06. The van der Waals surface area contributed by atoms with Gasteiger partial charge in [-0.15, -0.1) is 0 Å². The molecule has 1 amide bonds. The molecule has 0 aliphatic carbocycles. The third-order valence-electron chi connectivity index (χ3n) is 2.97. The van der Waals surface area contributed by atoms with E-state index in [0.29, 0.717) is 13.2 Å². The fraction of sp³-hybridized carbons (Fsp3) is 0.467. The summed E-state index contributed by atoms with van der Waals surface area (Å²) >= 11 is 0. The Morgan fingerprint density at radius 1 is 1.30 bits per heavy atom. The predicted molar refractivity (Wildman–Crippen MR) is 75.2 cm³/mol. The molecule has 1 rings (SSSR count). The Morgan fingerprint density at radius 3 is 2.55 bits per heavy atom. The lowest BCUT2D eigenvalue weighted by Crippen LogP contribution is -2.34. The highest BCUT2D eigenvalue weighted by molar-refractivity contribution is 5.77. The maximum atomic E-state index is 11.8. The zero-order valence-electron chi connectivity index (χ0n) is 11.9. The van der Waals surface area contributed by atoms with Crippen LogP contribution in [0.1, 0.15) is 18.9 Å². The minimum absolute atomic E-state index is 0.105. The van der Waals surface area contributed by atoms with Crippen LogP contribution in [0.4, 0.5) is 0 Å². The second-order valence-electron chi connectivity index (χ2n) is 4.80. The topological polar surface area (TPSA) is 66.8 Å². The molecule has 0 spiro atoms. The van der Waals surface area contributed by atoms with E-state index in [1.165, 1.54) is 4.90 Å². The van der Waals surface area contributed by atoms with Gasteiger partial charge in [-0.1, -0.05) is 37.3 Å². The molecule has 1 aromatic rings. The number of carbonyl (C=O) groups excluding carboxylic acids is 1. The highest BCUT2D eigenvalue weighted by Gasteiger charge is 2.16. The summed E-state index contributed by atoms with van der Waals surface area (Å²) in [5.74, 6) is -1.56. The monoisotopic (exact) mass is 279 g/mol. The lowest BCUT2D eigenvalue weighted by Gasteiger charge is -2.19. The predicted octanol–water partition coefficient (Wildman–Crippen LogP) is 1.77. The van der Waals surface area contributed by atoms with Gasteiger partial charge in [0.1, 0.15) is 0 Å². The van der Waals surface area contributed by atoms with Crippen molar-refractivity contribution in [2.24, 2.45) is 5.92 Å². The van der Waals surface area contributed by atoms with E-state index in [4.69, 9.17) is 9.84 Å². The molecule has 0 saturated heterocycles. The van der Waals surface area contributed by atoms with Crippen LogP contribution in [0.3, 0.4) is 0 Å². The maximum absolute atomic E-state index is 11.8. The van der Waals surface area contributed by atoms with Crippen LogP contribution >= 0.6 is 0 Å². The Hall–Kier alpha value is -1.88. The molecule has 0 radical (unpaired) electrons. The Kier molecular flexibility index (Phi) is 6.73. The minimum atomic E-state index is -0.898. The number of aliphatic carboxylic acids is 1. The molecule has 0 saturated carbocycles. The van der Waals surface area contributed by atoms with E-state index >= 15 is 0 Å². The third-order valence-corrected chi connectivity index (χ3v) is 2.97. The van der Waals surface area contributed by atoms with E-state index in [0.717, 1.165) is 5.56 Å². The van der Waals surface area contributed by atoms with Crippen molar-refractivity contribution in [1.29, 1.82) is 0 Å². The number of hydrogen-bond acceptors (Lipinski definition) is 3. The number of carbonyl (C=O) groups is 2. The quantitative estimate of drug-likeness (QED) is 0.736. The molecule has 5 nitrogen and oxygen atoms in total. The smallest absolute Gasteiger partial charge is 0.308 e. The molecule has 1 unspecified atom stereocenters. The van der Waals surface area contributed by atoms with Crippen molar-refractivity contribution < 1.29 is 19.4 Å². The SMILES string of the molecule is CC(CN(C)C(=O)CCOCc1ccccc1)C(=O)O. The summed E-state index contributed by atoms with van der Waals surface area (Å²) in [4.78, 5) is 23.9. The van der Waals surface area contributed by atoms with E-state index in [9.17, 15) is 9.59 Å².